The summed E-state index contributed by atoms with van der Waals surface area (Å²) in [6.45, 7) is 7.61. The number of rotatable bonds is 2. The molecule has 0 fully saturated rings. The first-order chi connectivity index (χ1) is 12.8. The van der Waals surface area contributed by atoms with Crippen molar-refractivity contribution < 1.29 is 19.8 Å². The number of phenolic OH excluding ortho intramolecular Hbond substituents is 1. The SMILES string of the molecule is Cc1c(C)c2c(c(C)c1O)CCC(C)(/[N+](O)=C/c1cccc3cn[nH]c13)O2. The number of aromatic hydroxyl groups is 1. The summed E-state index contributed by atoms with van der Waals surface area (Å²) in [5, 5.41) is 29.2. The summed E-state index contributed by atoms with van der Waals surface area (Å²) < 4.78 is 7.44. The van der Waals surface area contributed by atoms with Crippen LogP contribution in [0.3, 0.4) is 0 Å². The highest BCUT2D eigenvalue weighted by Gasteiger charge is 2.45. The third kappa shape index (κ3) is 2.63. The lowest BCUT2D eigenvalue weighted by atomic mass is 9.90. The summed E-state index contributed by atoms with van der Waals surface area (Å²) in [6, 6.07) is 5.81. The Kier molecular flexibility index (Phi) is 3.87. The number of nitrogens with one attached hydrogen (secondary N) is 1. The first-order valence-electron chi connectivity index (χ1n) is 9.07. The predicted molar refractivity (Wildman–Crippen MR) is 103 cm³/mol. The van der Waals surface area contributed by atoms with Gasteiger partial charge in [0.25, 0.3) is 0 Å². The molecule has 0 spiro atoms. The van der Waals surface area contributed by atoms with Gasteiger partial charge in [-0.1, -0.05) is 12.1 Å². The summed E-state index contributed by atoms with van der Waals surface area (Å²) in [4.78, 5) is 0. The van der Waals surface area contributed by atoms with Crippen LogP contribution in [0.2, 0.25) is 0 Å². The number of hydrogen-bond donors (Lipinski definition) is 3. The maximum atomic E-state index is 10.9. The van der Waals surface area contributed by atoms with Crippen LogP contribution in [0.4, 0.5) is 0 Å². The molecule has 1 aromatic heterocycles. The lowest BCUT2D eigenvalue weighted by Crippen LogP contribution is -2.47. The third-order valence-corrected chi connectivity index (χ3v) is 5.76. The highest BCUT2D eigenvalue weighted by Crippen LogP contribution is 2.43. The van der Waals surface area contributed by atoms with E-state index < -0.39 is 5.72 Å². The number of H-pyrrole nitrogens is 1. The van der Waals surface area contributed by atoms with Gasteiger partial charge in [0.15, 0.2) is 0 Å². The van der Waals surface area contributed by atoms with Crippen molar-refractivity contribution >= 4 is 17.1 Å². The monoisotopic (exact) mass is 366 g/mol. The van der Waals surface area contributed by atoms with Gasteiger partial charge in [0, 0.05) is 22.6 Å². The molecule has 0 bridgehead atoms. The van der Waals surface area contributed by atoms with E-state index >= 15 is 0 Å². The molecule has 6 nitrogen and oxygen atoms in total. The van der Waals surface area contributed by atoms with Gasteiger partial charge in [-0.3, -0.25) is 10.3 Å². The van der Waals surface area contributed by atoms with Crippen molar-refractivity contribution in [3.05, 3.63) is 52.2 Å². The molecule has 1 atom stereocenters. The van der Waals surface area contributed by atoms with Gasteiger partial charge in [0.2, 0.25) is 6.21 Å². The first-order valence-corrected chi connectivity index (χ1v) is 9.07. The third-order valence-electron chi connectivity index (χ3n) is 5.76. The Morgan fingerprint density at radius 1 is 1.22 bits per heavy atom. The Bertz CT molecular complexity index is 1080. The molecule has 2 aromatic carbocycles. The molecule has 140 valence electrons. The van der Waals surface area contributed by atoms with Crippen LogP contribution in [0, 0.1) is 20.8 Å². The van der Waals surface area contributed by atoms with E-state index in [-0.39, 0.29) is 0 Å². The van der Waals surface area contributed by atoms with Gasteiger partial charge in [-0.25, -0.2) is 0 Å². The standard InChI is InChI=1S/C21H23N3O3/c1-12-13(2)20-17(14(3)19(12)25)8-9-21(4,27-20)24(26)11-16-7-5-6-15-10-22-23-18(15)16/h5-7,10-11,25-26H,8-9H2,1-4H3/p+1. The largest absolute Gasteiger partial charge is 0.507 e. The average Bonchev–Trinajstić information content (AvgIpc) is 3.14. The molecule has 4 rings (SSSR count). The minimum atomic E-state index is -0.907. The molecule has 6 heteroatoms. The molecule has 0 saturated heterocycles. The van der Waals surface area contributed by atoms with E-state index in [1.807, 2.05) is 45.9 Å². The van der Waals surface area contributed by atoms with Gasteiger partial charge in [0.1, 0.15) is 11.5 Å². The quantitative estimate of drug-likeness (QED) is 0.279. The maximum Gasteiger partial charge on any atom is 0.350 e. The zero-order valence-corrected chi connectivity index (χ0v) is 16.0. The molecular formula is C21H24N3O3+. The van der Waals surface area contributed by atoms with Crippen molar-refractivity contribution in [1.29, 1.82) is 0 Å². The number of nitrogens with zero attached hydrogens (tertiary/aromatic N) is 2. The fraction of sp³-hybridized carbons (Fsp3) is 0.333. The smallest absolute Gasteiger partial charge is 0.350 e. The van der Waals surface area contributed by atoms with Crippen LogP contribution in [0.1, 0.15) is 41.2 Å². The molecule has 1 aliphatic rings. The summed E-state index contributed by atoms with van der Waals surface area (Å²) in [7, 11) is 0. The number of ether oxygens (including phenoxy) is 1. The highest BCUT2D eigenvalue weighted by molar-refractivity contribution is 5.95. The van der Waals surface area contributed by atoms with Crippen molar-refractivity contribution in [3.63, 3.8) is 0 Å². The van der Waals surface area contributed by atoms with Gasteiger partial charge in [0.05, 0.1) is 23.7 Å². The number of aromatic amines is 1. The summed E-state index contributed by atoms with van der Waals surface area (Å²) >= 11 is 0. The second-order valence-electron chi connectivity index (χ2n) is 7.46. The van der Waals surface area contributed by atoms with Gasteiger partial charge in [-0.15, -0.1) is 0 Å². The Labute approximate surface area is 157 Å². The van der Waals surface area contributed by atoms with Crippen LogP contribution in [-0.4, -0.2) is 37.2 Å². The molecule has 0 amide bonds. The lowest BCUT2D eigenvalue weighted by Gasteiger charge is -2.32. The van der Waals surface area contributed by atoms with Crippen LogP contribution >= 0.6 is 0 Å². The molecule has 0 aliphatic carbocycles. The molecule has 3 aromatic rings. The van der Waals surface area contributed by atoms with Crippen LogP contribution in [0.15, 0.2) is 24.4 Å². The minimum absolute atomic E-state index is 0.330. The van der Waals surface area contributed by atoms with Gasteiger partial charge < -0.3 is 9.84 Å². The second kappa shape index (κ2) is 6.01. The van der Waals surface area contributed by atoms with Crippen molar-refractivity contribution in [2.75, 3.05) is 0 Å². The fourth-order valence-corrected chi connectivity index (χ4v) is 3.76. The number of phenols is 1. The Morgan fingerprint density at radius 2 is 2.00 bits per heavy atom. The minimum Gasteiger partial charge on any atom is -0.507 e. The highest BCUT2D eigenvalue weighted by atomic mass is 16.6. The first kappa shape index (κ1) is 17.4. The number of para-hydroxylation sites is 1. The maximum absolute atomic E-state index is 10.9. The average molecular weight is 366 g/mol. The van der Waals surface area contributed by atoms with Gasteiger partial charge >= 0.3 is 5.72 Å². The number of aromatic nitrogens is 2. The van der Waals surface area contributed by atoms with Crippen LogP contribution in [0.25, 0.3) is 10.9 Å². The number of hydroxylamine groups is 1. The summed E-state index contributed by atoms with van der Waals surface area (Å²) in [5.74, 6) is 1.08. The molecule has 2 heterocycles. The van der Waals surface area contributed by atoms with Gasteiger partial charge in [-0.2, -0.15) is 5.10 Å². The van der Waals surface area contributed by atoms with E-state index in [2.05, 4.69) is 10.2 Å². The molecule has 27 heavy (non-hydrogen) atoms. The zero-order valence-electron chi connectivity index (χ0n) is 16.0. The molecule has 0 radical (unpaired) electrons. The van der Waals surface area contributed by atoms with Crippen molar-refractivity contribution in [2.24, 2.45) is 0 Å². The summed E-state index contributed by atoms with van der Waals surface area (Å²) in [6.07, 6.45) is 4.73. The van der Waals surface area contributed by atoms with Crippen molar-refractivity contribution in [3.8, 4) is 11.5 Å². The van der Waals surface area contributed by atoms with E-state index in [4.69, 9.17) is 4.74 Å². The molecule has 0 saturated carbocycles. The van der Waals surface area contributed by atoms with Crippen LogP contribution < -0.4 is 4.74 Å². The number of benzene rings is 2. The molecular weight excluding hydrogens is 342 g/mol. The van der Waals surface area contributed by atoms with E-state index in [0.29, 0.717) is 18.6 Å². The van der Waals surface area contributed by atoms with E-state index in [9.17, 15) is 10.3 Å². The van der Waals surface area contributed by atoms with Gasteiger partial charge in [-0.05, 0) is 49.9 Å². The van der Waals surface area contributed by atoms with Crippen molar-refractivity contribution in [2.45, 2.75) is 46.3 Å². The fourth-order valence-electron chi connectivity index (χ4n) is 3.76. The number of fused-ring (bicyclic) bond motifs is 2. The topological polar surface area (TPSA) is 81.4 Å². The molecule has 3 N–H and O–H groups in total. The van der Waals surface area contributed by atoms with E-state index in [1.165, 1.54) is 0 Å². The van der Waals surface area contributed by atoms with E-state index in [0.717, 1.165) is 49.2 Å². The Morgan fingerprint density at radius 3 is 2.78 bits per heavy atom. The van der Waals surface area contributed by atoms with E-state index in [1.54, 1.807) is 12.4 Å². The normalized spacial score (nSPS) is 19.8. The number of hydrogen-bond acceptors (Lipinski definition) is 4. The van der Waals surface area contributed by atoms with Crippen LogP contribution in [-0.2, 0) is 6.42 Å². The Balaban J connectivity index is 1.76. The Hall–Kier alpha value is -3.02. The molecule has 1 unspecified atom stereocenters. The van der Waals surface area contributed by atoms with Crippen LogP contribution in [0.5, 0.6) is 11.5 Å². The predicted octanol–water partition coefficient (Wildman–Crippen LogP) is 3.76. The zero-order chi connectivity index (χ0) is 19.3. The van der Waals surface area contributed by atoms with Crippen molar-refractivity contribution in [1.82, 2.24) is 10.2 Å². The lowest BCUT2D eigenvalue weighted by molar-refractivity contribution is -0.846. The second-order valence-corrected chi connectivity index (χ2v) is 7.46. The summed E-state index contributed by atoms with van der Waals surface area (Å²) in [5.41, 5.74) is 4.37. The molecule has 1 aliphatic heterocycles.